The topological polar surface area (TPSA) is 49.8 Å². The van der Waals surface area contributed by atoms with E-state index in [1.165, 1.54) is 4.90 Å². The number of carboxylic acid groups (broad SMARTS) is 1. The highest BCUT2D eigenvalue weighted by Crippen LogP contribution is 2.32. The highest BCUT2D eigenvalue weighted by atomic mass is 16.5. The van der Waals surface area contributed by atoms with Gasteiger partial charge in [0, 0.05) is 5.56 Å². The highest BCUT2D eigenvalue weighted by Gasteiger charge is 2.36. The van der Waals surface area contributed by atoms with Gasteiger partial charge in [-0.25, -0.2) is 4.79 Å². The summed E-state index contributed by atoms with van der Waals surface area (Å²) in [4.78, 5) is 13.6. The molecule has 0 aromatic heterocycles. The molecular weight excluding hydrogens is 362 g/mol. The van der Waals surface area contributed by atoms with E-state index in [4.69, 9.17) is 4.74 Å². The summed E-state index contributed by atoms with van der Waals surface area (Å²) in [7, 11) is 0. The molecule has 4 heteroatoms. The Balaban J connectivity index is 2.24. The Hall–Kier alpha value is -3.01. The van der Waals surface area contributed by atoms with Gasteiger partial charge < -0.3 is 9.84 Å². The molecule has 0 bridgehead atoms. The smallest absolute Gasteiger partial charge is 0.408 e. The van der Waals surface area contributed by atoms with Gasteiger partial charge in [-0.1, -0.05) is 61.2 Å². The Morgan fingerprint density at radius 3 is 2.17 bits per heavy atom. The second-order valence-corrected chi connectivity index (χ2v) is 8.01. The average Bonchev–Trinajstić information content (AvgIpc) is 2.66. The van der Waals surface area contributed by atoms with Crippen molar-refractivity contribution in [2.75, 3.05) is 6.61 Å². The molecule has 1 unspecified atom stereocenters. The molecule has 2 rings (SSSR count). The molecule has 1 atom stereocenters. The predicted molar refractivity (Wildman–Crippen MR) is 120 cm³/mol. The van der Waals surface area contributed by atoms with E-state index in [0.717, 1.165) is 27.8 Å². The number of benzene rings is 2. The fourth-order valence-electron chi connectivity index (χ4n) is 3.51. The quantitative estimate of drug-likeness (QED) is 0.562. The van der Waals surface area contributed by atoms with Gasteiger partial charge in [0.05, 0.1) is 11.6 Å². The van der Waals surface area contributed by atoms with Crippen LogP contribution in [0, 0.1) is 0 Å². The van der Waals surface area contributed by atoms with Crippen molar-refractivity contribution in [3.05, 3.63) is 78.4 Å². The van der Waals surface area contributed by atoms with Gasteiger partial charge in [-0.2, -0.15) is 0 Å². The van der Waals surface area contributed by atoms with Gasteiger partial charge in [-0.05, 0) is 57.4 Å². The molecule has 4 nitrogen and oxygen atoms in total. The van der Waals surface area contributed by atoms with Gasteiger partial charge in [0.1, 0.15) is 12.4 Å². The zero-order chi connectivity index (χ0) is 21.8. The molecule has 154 valence electrons. The van der Waals surface area contributed by atoms with Gasteiger partial charge in [-0.3, -0.25) is 4.90 Å². The first-order valence-electron chi connectivity index (χ1n) is 9.72. The van der Waals surface area contributed by atoms with Crippen LogP contribution in [-0.4, -0.2) is 28.7 Å². The summed E-state index contributed by atoms with van der Waals surface area (Å²) in [6.07, 6.45) is -0.983. The van der Waals surface area contributed by atoms with Gasteiger partial charge in [0.2, 0.25) is 0 Å². The third-order valence-electron chi connectivity index (χ3n) is 5.16. The summed E-state index contributed by atoms with van der Waals surface area (Å²) in [5, 5.41) is 9.97. The number of allylic oxidation sites excluding steroid dienone is 2. The van der Waals surface area contributed by atoms with Gasteiger partial charge in [-0.15, -0.1) is 0 Å². The maximum Gasteiger partial charge on any atom is 0.408 e. The SMILES string of the molecule is C=C(C)c1ccc(C(C)(C)N(C(=O)O)C(C)COc2ccccc2C(=C)C)cc1. The van der Waals surface area contributed by atoms with E-state index >= 15 is 0 Å². The minimum Gasteiger partial charge on any atom is -0.491 e. The Morgan fingerprint density at radius 1 is 1.07 bits per heavy atom. The van der Waals surface area contributed by atoms with E-state index < -0.39 is 11.6 Å². The maximum atomic E-state index is 12.2. The van der Waals surface area contributed by atoms with Gasteiger partial charge in [0.25, 0.3) is 0 Å². The molecule has 0 radical (unpaired) electrons. The first-order valence-corrected chi connectivity index (χ1v) is 9.72. The number of para-hydroxylation sites is 1. The molecule has 0 saturated heterocycles. The van der Waals surface area contributed by atoms with Crippen molar-refractivity contribution in [3.8, 4) is 5.75 Å². The summed E-state index contributed by atoms with van der Waals surface area (Å²) < 4.78 is 6.00. The number of rotatable bonds is 8. The van der Waals surface area contributed by atoms with Crippen LogP contribution in [0.15, 0.2) is 61.7 Å². The Labute approximate surface area is 174 Å². The van der Waals surface area contributed by atoms with Crippen molar-refractivity contribution in [1.29, 1.82) is 0 Å². The second kappa shape index (κ2) is 8.99. The summed E-state index contributed by atoms with van der Waals surface area (Å²) in [5.41, 5.74) is 4.04. The first-order chi connectivity index (χ1) is 13.6. The lowest BCUT2D eigenvalue weighted by Gasteiger charge is -2.41. The van der Waals surface area contributed by atoms with Gasteiger partial charge >= 0.3 is 6.09 Å². The summed E-state index contributed by atoms with van der Waals surface area (Å²) in [6, 6.07) is 15.2. The number of hydrogen-bond donors (Lipinski definition) is 1. The lowest BCUT2D eigenvalue weighted by atomic mass is 9.90. The van der Waals surface area contributed by atoms with Crippen LogP contribution in [0.1, 0.15) is 51.3 Å². The second-order valence-electron chi connectivity index (χ2n) is 8.01. The lowest BCUT2D eigenvalue weighted by Crippen LogP contribution is -2.51. The molecule has 0 aliphatic heterocycles. The van der Waals surface area contributed by atoms with Crippen LogP contribution in [0.5, 0.6) is 5.75 Å². The van der Waals surface area contributed by atoms with Crippen molar-refractivity contribution < 1.29 is 14.6 Å². The van der Waals surface area contributed by atoms with Crippen molar-refractivity contribution in [2.45, 2.75) is 46.2 Å². The molecule has 0 aliphatic carbocycles. The molecule has 2 aromatic carbocycles. The van der Waals surface area contributed by atoms with E-state index in [0.29, 0.717) is 5.75 Å². The molecule has 0 fully saturated rings. The maximum absolute atomic E-state index is 12.2. The zero-order valence-electron chi connectivity index (χ0n) is 18.0. The van der Waals surface area contributed by atoms with E-state index in [9.17, 15) is 9.90 Å². The molecular formula is C25H31NO3. The highest BCUT2D eigenvalue weighted by molar-refractivity contribution is 5.68. The van der Waals surface area contributed by atoms with Gasteiger partial charge in [0.15, 0.2) is 0 Å². The van der Waals surface area contributed by atoms with Crippen LogP contribution in [0.2, 0.25) is 0 Å². The predicted octanol–water partition coefficient (Wildman–Crippen LogP) is 6.44. The van der Waals surface area contributed by atoms with E-state index in [2.05, 4.69) is 13.2 Å². The van der Waals surface area contributed by atoms with E-state index in [-0.39, 0.29) is 12.6 Å². The third kappa shape index (κ3) is 5.08. The molecule has 1 N–H and O–H groups in total. The first kappa shape index (κ1) is 22.3. The van der Waals surface area contributed by atoms with Crippen LogP contribution < -0.4 is 4.74 Å². The van der Waals surface area contributed by atoms with E-state index in [1.807, 2.05) is 83.1 Å². The monoisotopic (exact) mass is 393 g/mol. The van der Waals surface area contributed by atoms with E-state index in [1.54, 1.807) is 0 Å². The third-order valence-corrected chi connectivity index (χ3v) is 5.16. The van der Waals surface area contributed by atoms with Crippen LogP contribution >= 0.6 is 0 Å². The average molecular weight is 394 g/mol. The largest absolute Gasteiger partial charge is 0.491 e. The Morgan fingerprint density at radius 2 is 1.66 bits per heavy atom. The molecule has 0 spiro atoms. The summed E-state index contributed by atoms with van der Waals surface area (Å²) >= 11 is 0. The number of amides is 1. The fourth-order valence-corrected chi connectivity index (χ4v) is 3.51. The van der Waals surface area contributed by atoms with Crippen LogP contribution in [0.4, 0.5) is 4.79 Å². The Kier molecular flexibility index (Phi) is 6.91. The minimum absolute atomic E-state index is 0.240. The summed E-state index contributed by atoms with van der Waals surface area (Å²) in [5.74, 6) is 0.709. The molecule has 2 aromatic rings. The van der Waals surface area contributed by atoms with Crippen molar-refractivity contribution in [3.63, 3.8) is 0 Å². The molecule has 1 amide bonds. The van der Waals surface area contributed by atoms with Crippen molar-refractivity contribution in [2.24, 2.45) is 0 Å². The molecule has 29 heavy (non-hydrogen) atoms. The normalized spacial score (nSPS) is 12.2. The Bertz CT molecular complexity index is 897. The summed E-state index contributed by atoms with van der Waals surface area (Å²) in [6.45, 7) is 17.7. The lowest BCUT2D eigenvalue weighted by molar-refractivity contribution is 0.0482. The molecule has 0 aliphatic rings. The van der Waals surface area contributed by atoms with Crippen LogP contribution in [-0.2, 0) is 5.54 Å². The van der Waals surface area contributed by atoms with Crippen LogP contribution in [0.25, 0.3) is 11.1 Å². The number of nitrogens with zero attached hydrogens (tertiary/aromatic N) is 1. The molecule has 0 saturated carbocycles. The minimum atomic E-state index is -0.983. The van der Waals surface area contributed by atoms with Crippen molar-refractivity contribution >= 4 is 17.2 Å². The van der Waals surface area contributed by atoms with Crippen LogP contribution in [0.3, 0.4) is 0 Å². The number of ether oxygens (including phenoxy) is 1. The zero-order valence-corrected chi connectivity index (χ0v) is 18.0. The standard InChI is InChI=1S/C25H31NO3/c1-17(2)20-12-14-21(15-13-20)25(6,7)26(24(27)28)19(5)16-29-23-11-9-8-10-22(23)18(3)4/h8-15,19H,1,3,16H2,2,4-7H3,(H,27,28). The number of carbonyl (C=O) groups is 1. The fraction of sp³-hybridized carbons (Fsp3) is 0.320. The molecule has 0 heterocycles. The number of hydrogen-bond acceptors (Lipinski definition) is 2. The van der Waals surface area contributed by atoms with Crippen molar-refractivity contribution in [1.82, 2.24) is 4.90 Å².